The Morgan fingerprint density at radius 1 is 1.23 bits per heavy atom. The van der Waals surface area contributed by atoms with Crippen molar-refractivity contribution in [1.82, 2.24) is 29.0 Å². The lowest BCUT2D eigenvalue weighted by Gasteiger charge is -2.17. The van der Waals surface area contributed by atoms with Gasteiger partial charge in [0.1, 0.15) is 11.2 Å². The Hall–Kier alpha value is -2.77. The van der Waals surface area contributed by atoms with Gasteiger partial charge < -0.3 is 9.47 Å². The first-order valence-electron chi connectivity index (χ1n) is 11.0. The Morgan fingerprint density at radius 2 is 2.10 bits per heavy atom. The summed E-state index contributed by atoms with van der Waals surface area (Å²) in [5.41, 5.74) is 4.70. The largest absolute Gasteiger partial charge is 0.345 e. The maximum absolute atomic E-state index is 5.07. The van der Waals surface area contributed by atoms with Crippen LogP contribution in [0.25, 0.3) is 38.2 Å². The third-order valence-corrected chi connectivity index (χ3v) is 7.65. The molecule has 1 aliphatic carbocycles. The van der Waals surface area contributed by atoms with E-state index in [9.17, 15) is 0 Å². The lowest BCUT2D eigenvalue weighted by atomic mass is 9.89. The number of fused-ring (bicyclic) bond motifs is 6. The number of nitrogens with zero attached hydrogens (tertiary/aromatic N) is 6. The highest BCUT2D eigenvalue weighted by Gasteiger charge is 2.24. The minimum Gasteiger partial charge on any atom is -0.345 e. The zero-order valence-electron chi connectivity index (χ0n) is 18.2. The number of aromatic nitrogens is 5. The van der Waals surface area contributed by atoms with Crippen molar-refractivity contribution in [3.63, 3.8) is 0 Å². The van der Waals surface area contributed by atoms with Gasteiger partial charge in [-0.15, -0.1) is 16.4 Å². The molecule has 0 saturated carbocycles. The van der Waals surface area contributed by atoms with Crippen LogP contribution < -0.4 is 0 Å². The van der Waals surface area contributed by atoms with E-state index in [0.717, 1.165) is 47.8 Å². The molecule has 1 atom stereocenters. The number of benzene rings is 1. The van der Waals surface area contributed by atoms with Gasteiger partial charge in [0.2, 0.25) is 0 Å². The van der Waals surface area contributed by atoms with Crippen molar-refractivity contribution in [1.29, 1.82) is 0 Å². The van der Waals surface area contributed by atoms with Crippen LogP contribution in [0.1, 0.15) is 23.8 Å². The van der Waals surface area contributed by atoms with Gasteiger partial charge in [0.25, 0.3) is 0 Å². The third-order valence-electron chi connectivity index (χ3n) is 6.45. The molecule has 0 bridgehead atoms. The van der Waals surface area contributed by atoms with Gasteiger partial charge in [0.15, 0.2) is 11.5 Å². The van der Waals surface area contributed by atoms with Crippen LogP contribution in [0.4, 0.5) is 0 Å². The molecular formula is C24H26N6S. The molecule has 0 amide bonds. The highest BCUT2D eigenvalue weighted by Crippen LogP contribution is 2.39. The van der Waals surface area contributed by atoms with Crippen molar-refractivity contribution in [2.45, 2.75) is 32.7 Å². The Labute approximate surface area is 185 Å². The van der Waals surface area contributed by atoms with Gasteiger partial charge in [-0.3, -0.25) is 0 Å². The normalized spacial score (nSPS) is 16.7. The van der Waals surface area contributed by atoms with Crippen molar-refractivity contribution in [3.05, 3.63) is 47.2 Å². The number of para-hydroxylation sites is 1. The molecule has 5 aromatic rings. The lowest BCUT2D eigenvalue weighted by molar-refractivity contribution is 0.387. The number of hydrogen-bond donors (Lipinski definition) is 0. The summed E-state index contributed by atoms with van der Waals surface area (Å²) in [6.07, 6.45) is 7.57. The first-order chi connectivity index (χ1) is 15.1. The minimum atomic E-state index is 0.711. The van der Waals surface area contributed by atoms with Gasteiger partial charge in [0.05, 0.1) is 5.39 Å². The topological polar surface area (TPSA) is 51.3 Å². The van der Waals surface area contributed by atoms with E-state index in [-0.39, 0.29) is 0 Å². The fourth-order valence-electron chi connectivity index (χ4n) is 4.78. The van der Waals surface area contributed by atoms with Gasteiger partial charge in [-0.05, 0) is 50.9 Å². The predicted octanol–water partition coefficient (Wildman–Crippen LogP) is 4.65. The molecule has 158 valence electrons. The molecule has 31 heavy (non-hydrogen) atoms. The van der Waals surface area contributed by atoms with Crippen LogP contribution >= 0.6 is 11.3 Å². The molecule has 0 radical (unpaired) electrons. The van der Waals surface area contributed by atoms with E-state index in [0.29, 0.717) is 5.92 Å². The average molecular weight is 431 g/mol. The van der Waals surface area contributed by atoms with Crippen LogP contribution in [0.2, 0.25) is 0 Å². The predicted molar refractivity (Wildman–Crippen MR) is 127 cm³/mol. The molecule has 4 heterocycles. The van der Waals surface area contributed by atoms with Crippen molar-refractivity contribution < 1.29 is 0 Å². The van der Waals surface area contributed by atoms with Gasteiger partial charge in [-0.1, -0.05) is 25.1 Å². The number of hydrogen-bond acceptors (Lipinski definition) is 5. The number of aryl methyl sites for hydroxylation is 1. The fraction of sp³-hybridized carbons (Fsp3) is 0.375. The summed E-state index contributed by atoms with van der Waals surface area (Å²) in [6.45, 7) is 4.26. The van der Waals surface area contributed by atoms with Crippen molar-refractivity contribution in [3.8, 4) is 11.4 Å². The van der Waals surface area contributed by atoms with Crippen molar-refractivity contribution in [2.75, 3.05) is 20.6 Å². The van der Waals surface area contributed by atoms with Crippen LogP contribution in [-0.4, -0.2) is 49.7 Å². The van der Waals surface area contributed by atoms with E-state index in [1.54, 1.807) is 0 Å². The molecule has 4 aromatic heterocycles. The number of likely N-dealkylation sites (N-methyl/N-ethyl adjacent to an activating group) is 1. The fourth-order valence-corrected chi connectivity index (χ4v) is 5.96. The second-order valence-electron chi connectivity index (χ2n) is 9.04. The second-order valence-corrected chi connectivity index (χ2v) is 10.1. The van der Waals surface area contributed by atoms with Gasteiger partial charge >= 0.3 is 0 Å². The summed E-state index contributed by atoms with van der Waals surface area (Å²) in [7, 11) is 4.22. The highest BCUT2D eigenvalue weighted by molar-refractivity contribution is 7.19. The first-order valence-corrected chi connectivity index (χ1v) is 11.8. The third kappa shape index (κ3) is 3.06. The summed E-state index contributed by atoms with van der Waals surface area (Å²) in [4.78, 5) is 14.6. The Balaban J connectivity index is 1.53. The first kappa shape index (κ1) is 19.0. The Kier molecular flexibility index (Phi) is 4.36. The Morgan fingerprint density at radius 3 is 2.97 bits per heavy atom. The molecule has 7 heteroatoms. The maximum Gasteiger partial charge on any atom is 0.184 e. The van der Waals surface area contributed by atoms with Crippen LogP contribution in [0.5, 0.6) is 0 Å². The van der Waals surface area contributed by atoms with E-state index in [4.69, 9.17) is 15.1 Å². The van der Waals surface area contributed by atoms with Gasteiger partial charge in [-0.2, -0.15) is 0 Å². The molecule has 0 N–H and O–H groups in total. The van der Waals surface area contributed by atoms with E-state index in [1.807, 2.05) is 22.2 Å². The zero-order chi connectivity index (χ0) is 21.1. The van der Waals surface area contributed by atoms with Crippen molar-refractivity contribution >= 4 is 38.1 Å². The highest BCUT2D eigenvalue weighted by atomic mass is 32.1. The van der Waals surface area contributed by atoms with Gasteiger partial charge in [0, 0.05) is 40.6 Å². The second kappa shape index (κ2) is 7.14. The van der Waals surface area contributed by atoms with E-state index < -0.39 is 0 Å². The van der Waals surface area contributed by atoms with Crippen LogP contribution in [0.3, 0.4) is 0 Å². The van der Waals surface area contributed by atoms with E-state index >= 15 is 0 Å². The molecule has 1 unspecified atom stereocenters. The van der Waals surface area contributed by atoms with E-state index in [2.05, 4.69) is 60.9 Å². The molecule has 1 aliphatic rings. The summed E-state index contributed by atoms with van der Waals surface area (Å²) < 4.78 is 4.19. The van der Waals surface area contributed by atoms with E-state index in [1.165, 1.54) is 33.2 Å². The Bertz CT molecular complexity index is 1420. The SMILES string of the molecule is CC1CCc2sc3ncn4nc(-c5cn(CCN(C)C)c6ccccc56)nc4c3c2C1. The molecule has 6 nitrogen and oxygen atoms in total. The van der Waals surface area contributed by atoms with Crippen LogP contribution in [-0.2, 0) is 19.4 Å². The standard InChI is InChI=1S/C24H26N6S/c1-15-8-9-20-17(12-15)21-23-26-22(27-30(23)14-25-24(21)31-20)18-13-29(11-10-28(2)3)19-7-5-4-6-16(18)19/h4-7,13-15H,8-12H2,1-3H3. The molecular weight excluding hydrogens is 404 g/mol. The summed E-state index contributed by atoms with van der Waals surface area (Å²) in [5.74, 6) is 1.49. The van der Waals surface area contributed by atoms with Gasteiger partial charge in [-0.25, -0.2) is 14.5 Å². The van der Waals surface area contributed by atoms with Crippen LogP contribution in [0.15, 0.2) is 36.8 Å². The molecule has 6 rings (SSSR count). The molecule has 0 saturated heterocycles. The summed E-state index contributed by atoms with van der Waals surface area (Å²) >= 11 is 1.84. The minimum absolute atomic E-state index is 0.711. The lowest BCUT2D eigenvalue weighted by Crippen LogP contribution is -2.17. The quantitative estimate of drug-likeness (QED) is 0.417. The molecule has 1 aromatic carbocycles. The number of rotatable bonds is 4. The molecule has 0 aliphatic heterocycles. The van der Waals surface area contributed by atoms with Crippen LogP contribution in [0, 0.1) is 5.92 Å². The maximum atomic E-state index is 5.07. The molecule has 0 spiro atoms. The summed E-state index contributed by atoms with van der Waals surface area (Å²) in [5, 5.41) is 7.27. The molecule has 0 fully saturated rings. The summed E-state index contributed by atoms with van der Waals surface area (Å²) in [6, 6.07) is 8.54. The zero-order valence-corrected chi connectivity index (χ0v) is 19.0. The smallest absolute Gasteiger partial charge is 0.184 e. The average Bonchev–Trinajstić information content (AvgIpc) is 3.44. The number of thiophene rings is 1. The van der Waals surface area contributed by atoms with Crippen molar-refractivity contribution in [2.24, 2.45) is 5.92 Å². The monoisotopic (exact) mass is 430 g/mol.